The topological polar surface area (TPSA) is 95.7 Å². The minimum absolute atomic E-state index is 0.348. The second kappa shape index (κ2) is 7.43. The van der Waals surface area contributed by atoms with Crippen molar-refractivity contribution in [3.05, 3.63) is 34.3 Å². The number of hydrogen-bond acceptors (Lipinski definition) is 3. The number of carbonyl (C=O) groups excluding carboxylic acids is 1. The molecule has 0 spiro atoms. The fourth-order valence-corrected chi connectivity index (χ4v) is 3.14. The molecule has 4 N–H and O–H groups in total. The van der Waals surface area contributed by atoms with Gasteiger partial charge in [-0.1, -0.05) is 28.1 Å². The quantitative estimate of drug-likeness (QED) is 0.697. The smallest absolute Gasteiger partial charge is 0.408 e. The van der Waals surface area contributed by atoms with E-state index in [-0.39, 0.29) is 6.42 Å². The summed E-state index contributed by atoms with van der Waals surface area (Å²) in [6.45, 7) is -1.74. The molecule has 0 aromatic heterocycles. The van der Waals surface area contributed by atoms with Crippen molar-refractivity contribution >= 4 is 27.9 Å². The van der Waals surface area contributed by atoms with E-state index < -0.39 is 49.5 Å². The second-order valence-electron chi connectivity index (χ2n) is 5.76. The van der Waals surface area contributed by atoms with Crippen molar-refractivity contribution in [2.75, 3.05) is 19.8 Å². The summed E-state index contributed by atoms with van der Waals surface area (Å²) < 4.78 is 28.4. The SMILES string of the molecule is NC[C@@]1(F)C[C@@H](C(=O)N[C@H](CF)c2cccc(Br)c2)N(C(=O)O)C1. The number of carbonyl (C=O) groups is 2. The lowest BCUT2D eigenvalue weighted by molar-refractivity contribution is -0.126. The van der Waals surface area contributed by atoms with Gasteiger partial charge in [0.2, 0.25) is 5.91 Å². The maximum absolute atomic E-state index is 14.4. The molecular formula is C15H18BrF2N3O3. The van der Waals surface area contributed by atoms with E-state index in [1.165, 1.54) is 0 Å². The molecule has 0 aliphatic carbocycles. The summed E-state index contributed by atoms with van der Waals surface area (Å²) in [5, 5.41) is 11.6. The predicted octanol–water partition coefficient (Wildman–Crippen LogP) is 2.00. The Morgan fingerprint density at radius 2 is 2.25 bits per heavy atom. The minimum Gasteiger partial charge on any atom is -0.465 e. The zero-order valence-electron chi connectivity index (χ0n) is 12.7. The van der Waals surface area contributed by atoms with Crippen molar-refractivity contribution in [1.29, 1.82) is 0 Å². The molecule has 1 heterocycles. The molecule has 1 aliphatic heterocycles. The number of likely N-dealkylation sites (tertiary alicyclic amines) is 1. The van der Waals surface area contributed by atoms with E-state index in [0.29, 0.717) is 14.9 Å². The molecule has 0 unspecified atom stereocenters. The average molecular weight is 406 g/mol. The standard InChI is InChI=1S/C15H18BrF2N3O3/c16-10-3-1-2-9(4-10)11(6-17)20-13(22)12-5-15(18,7-19)8-21(12)14(23)24/h1-4,11-12H,5-8,19H2,(H,20,22)(H,23,24)/t11-,12+,15+/m1/s1. The molecule has 1 fully saturated rings. The zero-order valence-corrected chi connectivity index (χ0v) is 14.3. The third-order valence-electron chi connectivity index (χ3n) is 4.03. The monoisotopic (exact) mass is 405 g/mol. The van der Waals surface area contributed by atoms with E-state index in [1.807, 2.05) is 0 Å². The summed E-state index contributed by atoms with van der Waals surface area (Å²) in [6, 6.07) is 4.54. The van der Waals surface area contributed by atoms with Gasteiger partial charge >= 0.3 is 6.09 Å². The van der Waals surface area contributed by atoms with Crippen LogP contribution in [0.1, 0.15) is 18.0 Å². The Balaban J connectivity index is 2.16. The fraction of sp³-hybridized carbons (Fsp3) is 0.467. The molecule has 3 atom stereocenters. The summed E-state index contributed by atoms with van der Waals surface area (Å²) in [7, 11) is 0. The number of nitrogens with zero attached hydrogens (tertiary/aromatic N) is 1. The summed E-state index contributed by atoms with van der Waals surface area (Å²) in [4.78, 5) is 24.3. The Morgan fingerprint density at radius 3 is 2.79 bits per heavy atom. The number of hydrogen-bond donors (Lipinski definition) is 3. The molecule has 2 rings (SSSR count). The Labute approximate surface area is 146 Å². The van der Waals surface area contributed by atoms with Gasteiger partial charge in [0, 0.05) is 17.4 Å². The van der Waals surface area contributed by atoms with E-state index in [0.717, 1.165) is 0 Å². The first-order valence-corrected chi connectivity index (χ1v) is 8.09. The zero-order chi connectivity index (χ0) is 17.9. The van der Waals surface area contributed by atoms with Gasteiger partial charge < -0.3 is 16.2 Å². The van der Waals surface area contributed by atoms with Crippen LogP contribution >= 0.6 is 15.9 Å². The molecule has 1 aromatic rings. The van der Waals surface area contributed by atoms with E-state index in [9.17, 15) is 18.4 Å². The summed E-state index contributed by atoms with van der Waals surface area (Å²) in [5.74, 6) is -0.743. The van der Waals surface area contributed by atoms with Gasteiger partial charge in [0.05, 0.1) is 12.6 Å². The molecule has 2 amide bonds. The molecule has 0 radical (unpaired) electrons. The van der Waals surface area contributed by atoms with Gasteiger partial charge in [0.15, 0.2) is 0 Å². The number of alkyl halides is 2. The van der Waals surface area contributed by atoms with Crippen LogP contribution in [0.2, 0.25) is 0 Å². The Bertz CT molecular complexity index is 634. The summed E-state index contributed by atoms with van der Waals surface area (Å²) >= 11 is 3.26. The maximum Gasteiger partial charge on any atom is 0.408 e. The number of halogens is 3. The van der Waals surface area contributed by atoms with Crippen LogP contribution < -0.4 is 11.1 Å². The molecule has 6 nitrogen and oxygen atoms in total. The van der Waals surface area contributed by atoms with Crippen LogP contribution in [0, 0.1) is 0 Å². The highest BCUT2D eigenvalue weighted by Gasteiger charge is 2.49. The number of benzene rings is 1. The Hall–Kier alpha value is -1.74. The van der Waals surface area contributed by atoms with E-state index >= 15 is 0 Å². The van der Waals surface area contributed by atoms with Gasteiger partial charge in [-0.25, -0.2) is 13.6 Å². The van der Waals surface area contributed by atoms with Crippen LogP contribution in [-0.2, 0) is 4.79 Å². The van der Waals surface area contributed by atoms with Gasteiger partial charge in [0.25, 0.3) is 0 Å². The van der Waals surface area contributed by atoms with Gasteiger partial charge in [-0.15, -0.1) is 0 Å². The van der Waals surface area contributed by atoms with Crippen molar-refractivity contribution in [3.63, 3.8) is 0 Å². The number of nitrogens with two attached hydrogens (primary N) is 1. The van der Waals surface area contributed by atoms with Crippen LogP contribution in [0.15, 0.2) is 28.7 Å². The van der Waals surface area contributed by atoms with Gasteiger partial charge in [-0.3, -0.25) is 9.69 Å². The fourth-order valence-electron chi connectivity index (χ4n) is 2.72. The molecule has 1 aromatic carbocycles. The van der Waals surface area contributed by atoms with Crippen LogP contribution in [0.4, 0.5) is 13.6 Å². The minimum atomic E-state index is -1.96. The highest BCUT2D eigenvalue weighted by atomic mass is 79.9. The van der Waals surface area contributed by atoms with Gasteiger partial charge in [0.1, 0.15) is 18.4 Å². The first kappa shape index (κ1) is 18.6. The lowest BCUT2D eigenvalue weighted by Gasteiger charge is -2.23. The number of amides is 2. The summed E-state index contributed by atoms with van der Waals surface area (Å²) in [6.07, 6.45) is -1.76. The molecule has 9 heteroatoms. The number of nitrogens with one attached hydrogen (secondary N) is 1. The molecule has 1 saturated heterocycles. The Kier molecular flexibility index (Phi) is 5.76. The highest BCUT2D eigenvalue weighted by molar-refractivity contribution is 9.10. The third-order valence-corrected chi connectivity index (χ3v) is 4.52. The first-order valence-electron chi connectivity index (χ1n) is 7.30. The van der Waals surface area contributed by atoms with Crippen LogP contribution in [0.25, 0.3) is 0 Å². The first-order chi connectivity index (χ1) is 11.3. The predicted molar refractivity (Wildman–Crippen MR) is 87.0 cm³/mol. The van der Waals surface area contributed by atoms with Crippen molar-refractivity contribution in [1.82, 2.24) is 10.2 Å². The van der Waals surface area contributed by atoms with Crippen LogP contribution in [-0.4, -0.2) is 53.5 Å². The highest BCUT2D eigenvalue weighted by Crippen LogP contribution is 2.31. The normalized spacial score (nSPS) is 24.7. The van der Waals surface area contributed by atoms with Gasteiger partial charge in [-0.2, -0.15) is 0 Å². The molecule has 132 valence electrons. The molecule has 1 aliphatic rings. The van der Waals surface area contributed by atoms with Crippen molar-refractivity contribution in [2.45, 2.75) is 24.2 Å². The van der Waals surface area contributed by atoms with E-state index in [4.69, 9.17) is 10.8 Å². The molecule has 0 bridgehead atoms. The third kappa shape index (κ3) is 4.02. The summed E-state index contributed by atoms with van der Waals surface area (Å²) in [5.41, 5.74) is 3.90. The largest absolute Gasteiger partial charge is 0.465 e. The van der Waals surface area contributed by atoms with Gasteiger partial charge in [-0.05, 0) is 17.7 Å². The second-order valence-corrected chi connectivity index (χ2v) is 6.67. The maximum atomic E-state index is 14.4. The van der Waals surface area contributed by atoms with Crippen molar-refractivity contribution < 1.29 is 23.5 Å². The van der Waals surface area contributed by atoms with Crippen LogP contribution in [0.5, 0.6) is 0 Å². The molecule has 0 saturated carbocycles. The Morgan fingerprint density at radius 1 is 1.54 bits per heavy atom. The number of rotatable bonds is 5. The number of carboxylic acid groups (broad SMARTS) is 1. The molecule has 24 heavy (non-hydrogen) atoms. The lowest BCUT2D eigenvalue weighted by Crippen LogP contribution is -2.46. The lowest BCUT2D eigenvalue weighted by atomic mass is 10.0. The average Bonchev–Trinajstić information content (AvgIpc) is 2.91. The molecular weight excluding hydrogens is 388 g/mol. The van der Waals surface area contributed by atoms with Crippen molar-refractivity contribution in [2.24, 2.45) is 5.73 Å². The van der Waals surface area contributed by atoms with Crippen LogP contribution in [0.3, 0.4) is 0 Å². The van der Waals surface area contributed by atoms with Crippen molar-refractivity contribution in [3.8, 4) is 0 Å². The van der Waals surface area contributed by atoms with E-state index in [1.54, 1.807) is 24.3 Å². The van der Waals surface area contributed by atoms with E-state index in [2.05, 4.69) is 21.2 Å².